The normalized spacial score (nSPS) is 11.8. The van der Waals surface area contributed by atoms with E-state index >= 15 is 0 Å². The topological polar surface area (TPSA) is 47.3 Å². The number of anilines is 1. The second-order valence-corrected chi connectivity index (χ2v) is 4.34. The highest BCUT2D eigenvalue weighted by Crippen LogP contribution is 2.33. The van der Waals surface area contributed by atoms with Crippen LogP contribution in [0.2, 0.25) is 0 Å². The van der Waals surface area contributed by atoms with Gasteiger partial charge in [-0.15, -0.1) is 0 Å². The number of unbranched alkanes of at least 4 members (excludes halogenated alkanes) is 1. The molecule has 1 aromatic heterocycles. The van der Waals surface area contributed by atoms with Gasteiger partial charge in [0.2, 0.25) is 0 Å². The molecule has 0 atom stereocenters. The van der Waals surface area contributed by atoms with Crippen molar-refractivity contribution in [1.82, 2.24) is 5.16 Å². The van der Waals surface area contributed by atoms with Crippen LogP contribution in [0.25, 0.3) is 11.0 Å². The van der Waals surface area contributed by atoms with Gasteiger partial charge in [-0.2, -0.15) is 13.2 Å². The summed E-state index contributed by atoms with van der Waals surface area (Å²) in [5.74, 6) is 0.520. The molecule has 4 nitrogen and oxygen atoms in total. The third kappa shape index (κ3) is 3.55. The summed E-state index contributed by atoms with van der Waals surface area (Å²) in [4.78, 5) is 0. The fourth-order valence-corrected chi connectivity index (χ4v) is 1.75. The highest BCUT2D eigenvalue weighted by molar-refractivity contribution is 5.93. The maximum atomic E-state index is 12.2. The van der Waals surface area contributed by atoms with E-state index in [-0.39, 0.29) is 5.75 Å². The van der Waals surface area contributed by atoms with Gasteiger partial charge in [0, 0.05) is 6.54 Å². The van der Waals surface area contributed by atoms with Crippen LogP contribution >= 0.6 is 0 Å². The summed E-state index contributed by atoms with van der Waals surface area (Å²) < 4.78 is 46.6. The molecule has 0 unspecified atom stereocenters. The number of nitrogens with one attached hydrogen (secondary N) is 1. The van der Waals surface area contributed by atoms with Gasteiger partial charge in [-0.3, -0.25) is 0 Å². The van der Waals surface area contributed by atoms with Crippen molar-refractivity contribution in [3.05, 3.63) is 18.2 Å². The number of hydrogen-bond donors (Lipinski definition) is 1. The molecule has 0 fully saturated rings. The monoisotopic (exact) mass is 288 g/mol. The van der Waals surface area contributed by atoms with E-state index in [2.05, 4.69) is 10.5 Å². The Kier molecular flexibility index (Phi) is 4.36. The van der Waals surface area contributed by atoms with Crippen LogP contribution in [0.1, 0.15) is 19.8 Å². The lowest BCUT2D eigenvalue weighted by molar-refractivity contribution is -0.153. The van der Waals surface area contributed by atoms with E-state index < -0.39 is 12.8 Å². The maximum absolute atomic E-state index is 12.2. The summed E-state index contributed by atoms with van der Waals surface area (Å²) in [5.41, 5.74) is 0.392. The molecule has 110 valence electrons. The first-order valence-corrected chi connectivity index (χ1v) is 6.33. The molecule has 0 saturated heterocycles. The summed E-state index contributed by atoms with van der Waals surface area (Å²) in [6.07, 6.45) is -2.45. The molecule has 0 amide bonds. The zero-order valence-electron chi connectivity index (χ0n) is 11.0. The molecule has 0 saturated carbocycles. The van der Waals surface area contributed by atoms with Crippen molar-refractivity contribution in [3.8, 4) is 5.75 Å². The first-order valence-electron chi connectivity index (χ1n) is 6.33. The van der Waals surface area contributed by atoms with Crippen LogP contribution in [0.3, 0.4) is 0 Å². The van der Waals surface area contributed by atoms with E-state index in [1.807, 2.05) is 6.92 Å². The van der Waals surface area contributed by atoms with Crippen molar-refractivity contribution in [3.63, 3.8) is 0 Å². The van der Waals surface area contributed by atoms with Crippen molar-refractivity contribution < 1.29 is 22.4 Å². The summed E-state index contributed by atoms with van der Waals surface area (Å²) in [6, 6.07) is 4.67. The van der Waals surface area contributed by atoms with Crippen molar-refractivity contribution in [2.45, 2.75) is 25.9 Å². The number of alkyl halides is 3. The van der Waals surface area contributed by atoms with Crippen LogP contribution in [0.4, 0.5) is 19.0 Å². The molecular formula is C13H15F3N2O2. The van der Waals surface area contributed by atoms with E-state index in [9.17, 15) is 13.2 Å². The molecule has 0 aliphatic carbocycles. The average Bonchev–Trinajstić information content (AvgIpc) is 2.80. The van der Waals surface area contributed by atoms with Gasteiger partial charge in [0.1, 0.15) is 11.1 Å². The number of rotatable bonds is 6. The van der Waals surface area contributed by atoms with Gasteiger partial charge in [0.15, 0.2) is 18.0 Å². The number of benzene rings is 1. The van der Waals surface area contributed by atoms with Crippen molar-refractivity contribution in [2.75, 3.05) is 18.5 Å². The number of nitrogens with zero attached hydrogens (tertiary/aromatic N) is 1. The lowest BCUT2D eigenvalue weighted by Gasteiger charge is -2.10. The zero-order valence-corrected chi connectivity index (χ0v) is 11.0. The number of fused-ring (bicyclic) bond motifs is 1. The number of halogens is 3. The van der Waals surface area contributed by atoms with Crippen molar-refractivity contribution in [1.29, 1.82) is 0 Å². The smallest absolute Gasteiger partial charge is 0.422 e. The standard InChI is InChI=1S/C13H15F3N2O2/c1-2-3-7-17-12-11-9(19-8-13(14,15)16)5-4-6-10(11)20-18-12/h4-6H,2-3,7-8H2,1H3,(H,17,18). The lowest BCUT2D eigenvalue weighted by Crippen LogP contribution is -2.19. The van der Waals surface area contributed by atoms with Crippen LogP contribution in [-0.2, 0) is 0 Å². The van der Waals surface area contributed by atoms with Gasteiger partial charge in [-0.25, -0.2) is 0 Å². The van der Waals surface area contributed by atoms with Gasteiger partial charge in [0.05, 0.1) is 0 Å². The van der Waals surface area contributed by atoms with Crippen LogP contribution in [-0.4, -0.2) is 24.5 Å². The molecule has 1 heterocycles. The Bertz CT molecular complexity index is 566. The molecular weight excluding hydrogens is 273 g/mol. The Hall–Kier alpha value is -1.92. The zero-order chi connectivity index (χ0) is 14.6. The predicted octanol–water partition coefficient (Wildman–Crippen LogP) is 3.98. The Morgan fingerprint density at radius 2 is 2.15 bits per heavy atom. The minimum atomic E-state index is -4.38. The van der Waals surface area contributed by atoms with Gasteiger partial charge >= 0.3 is 6.18 Å². The molecule has 0 aliphatic rings. The van der Waals surface area contributed by atoms with Crippen molar-refractivity contribution >= 4 is 16.8 Å². The van der Waals surface area contributed by atoms with Crippen LogP contribution in [0.15, 0.2) is 22.7 Å². The third-order valence-corrected chi connectivity index (χ3v) is 2.67. The SMILES string of the molecule is CCCCNc1noc2cccc(OCC(F)(F)F)c12. The Balaban J connectivity index is 2.22. The Labute approximate surface area is 113 Å². The fourth-order valence-electron chi connectivity index (χ4n) is 1.75. The molecule has 0 radical (unpaired) electrons. The van der Waals surface area contributed by atoms with Crippen LogP contribution in [0, 0.1) is 0 Å². The molecule has 1 aromatic carbocycles. The van der Waals surface area contributed by atoms with E-state index in [0.29, 0.717) is 23.3 Å². The average molecular weight is 288 g/mol. The second kappa shape index (κ2) is 6.02. The molecule has 2 aromatic rings. The fraction of sp³-hybridized carbons (Fsp3) is 0.462. The summed E-state index contributed by atoms with van der Waals surface area (Å²) in [7, 11) is 0. The van der Waals surface area contributed by atoms with Gasteiger partial charge < -0.3 is 14.6 Å². The minimum Gasteiger partial charge on any atom is -0.483 e. The van der Waals surface area contributed by atoms with E-state index in [4.69, 9.17) is 9.26 Å². The third-order valence-electron chi connectivity index (χ3n) is 2.67. The summed E-state index contributed by atoms with van der Waals surface area (Å²) in [5, 5.41) is 7.30. The highest BCUT2D eigenvalue weighted by atomic mass is 19.4. The second-order valence-electron chi connectivity index (χ2n) is 4.34. The first kappa shape index (κ1) is 14.5. The van der Waals surface area contributed by atoms with Gasteiger partial charge in [-0.1, -0.05) is 24.6 Å². The molecule has 0 aliphatic heterocycles. The molecule has 2 rings (SSSR count). The largest absolute Gasteiger partial charge is 0.483 e. The summed E-state index contributed by atoms with van der Waals surface area (Å²) in [6.45, 7) is 1.37. The highest BCUT2D eigenvalue weighted by Gasteiger charge is 2.29. The number of hydrogen-bond acceptors (Lipinski definition) is 4. The van der Waals surface area contributed by atoms with Gasteiger partial charge in [0.25, 0.3) is 0 Å². The Morgan fingerprint density at radius 1 is 1.35 bits per heavy atom. The van der Waals surface area contributed by atoms with E-state index in [0.717, 1.165) is 12.8 Å². The minimum absolute atomic E-state index is 0.111. The van der Waals surface area contributed by atoms with Gasteiger partial charge in [-0.05, 0) is 18.6 Å². The summed E-state index contributed by atoms with van der Waals surface area (Å²) >= 11 is 0. The maximum Gasteiger partial charge on any atom is 0.422 e. The molecule has 1 N–H and O–H groups in total. The van der Waals surface area contributed by atoms with E-state index in [1.165, 1.54) is 6.07 Å². The molecule has 20 heavy (non-hydrogen) atoms. The number of aromatic nitrogens is 1. The quantitative estimate of drug-likeness (QED) is 0.817. The van der Waals surface area contributed by atoms with Crippen LogP contribution < -0.4 is 10.1 Å². The van der Waals surface area contributed by atoms with Crippen molar-refractivity contribution in [2.24, 2.45) is 0 Å². The lowest BCUT2D eigenvalue weighted by atomic mass is 10.2. The van der Waals surface area contributed by atoms with E-state index in [1.54, 1.807) is 12.1 Å². The molecule has 0 bridgehead atoms. The Morgan fingerprint density at radius 3 is 2.85 bits per heavy atom. The van der Waals surface area contributed by atoms with Crippen LogP contribution in [0.5, 0.6) is 5.75 Å². The predicted molar refractivity (Wildman–Crippen MR) is 69.0 cm³/mol. The molecule has 0 spiro atoms. The number of ether oxygens (including phenoxy) is 1. The first-order chi connectivity index (χ1) is 9.51. The molecule has 7 heteroatoms.